The number of aromatic nitrogens is 2. The molecule has 0 saturated carbocycles. The zero-order valence-corrected chi connectivity index (χ0v) is 16.5. The molecule has 146 valence electrons. The van der Waals surface area contributed by atoms with Crippen LogP contribution in [0.2, 0.25) is 0 Å². The Morgan fingerprint density at radius 3 is 2.61 bits per heavy atom. The normalized spacial score (nSPS) is 26.1. The highest BCUT2D eigenvalue weighted by atomic mass is 16.6. The smallest absolute Gasteiger partial charge is 0.257 e. The number of nitrogens with zero attached hydrogens (tertiary/aromatic N) is 4. The molecular weight excluding hydrogens is 352 g/mol. The van der Waals surface area contributed by atoms with Gasteiger partial charge in [-0.3, -0.25) is 4.79 Å². The summed E-state index contributed by atoms with van der Waals surface area (Å²) in [5.41, 5.74) is 1.62. The van der Waals surface area contributed by atoms with Crippen LogP contribution in [0.25, 0.3) is 0 Å². The topological polar surface area (TPSA) is 58.6 Å². The molecule has 0 bridgehead atoms. The molecule has 0 N–H and O–H groups in total. The lowest BCUT2D eigenvalue weighted by molar-refractivity contribution is -0.140. The zero-order valence-electron chi connectivity index (χ0n) is 16.5. The third kappa shape index (κ3) is 2.70. The Labute approximate surface area is 165 Å². The summed E-state index contributed by atoms with van der Waals surface area (Å²) in [7, 11) is 0. The minimum absolute atomic E-state index is 0.0766. The Morgan fingerprint density at radius 2 is 1.86 bits per heavy atom. The fraction of sp³-hybridized carbons (Fsp3) is 0.500. The van der Waals surface area contributed by atoms with Crippen molar-refractivity contribution in [2.24, 2.45) is 0 Å². The zero-order chi connectivity index (χ0) is 19.3. The lowest BCUT2D eigenvalue weighted by atomic mass is 9.89. The monoisotopic (exact) mass is 378 g/mol. The van der Waals surface area contributed by atoms with Crippen molar-refractivity contribution in [1.29, 1.82) is 0 Å². The molecule has 1 spiro atoms. The molecule has 1 unspecified atom stereocenters. The number of rotatable bonds is 2. The molecule has 28 heavy (non-hydrogen) atoms. The average Bonchev–Trinajstić information content (AvgIpc) is 3.24. The number of fused-ring (bicyclic) bond motifs is 1. The van der Waals surface area contributed by atoms with Crippen molar-refractivity contribution in [1.82, 2.24) is 14.9 Å². The standard InChI is InChI=1S/C22H26N4O2/c1-15-14-23-16(2)24-20(15)25-12-10-22(11-13-25)21(27)26-18(8-9-19(26)28-22)17-6-4-3-5-7-17/h3-7,14,18-19H,8-13H2,1-2H3/t18-,19?/m0/s1. The number of anilines is 1. The van der Waals surface area contributed by atoms with Gasteiger partial charge >= 0.3 is 0 Å². The van der Waals surface area contributed by atoms with E-state index in [-0.39, 0.29) is 18.2 Å². The molecule has 0 radical (unpaired) electrons. The molecule has 4 heterocycles. The van der Waals surface area contributed by atoms with E-state index in [2.05, 4.69) is 27.0 Å². The van der Waals surface area contributed by atoms with Crippen molar-refractivity contribution in [3.63, 3.8) is 0 Å². The lowest BCUT2D eigenvalue weighted by Gasteiger charge is -2.38. The van der Waals surface area contributed by atoms with Crippen LogP contribution in [0, 0.1) is 13.8 Å². The molecule has 2 aromatic rings. The number of piperidine rings is 1. The van der Waals surface area contributed by atoms with Crippen LogP contribution in [0.1, 0.15) is 48.7 Å². The molecule has 1 aromatic heterocycles. The van der Waals surface area contributed by atoms with Crippen LogP contribution in [0.4, 0.5) is 5.82 Å². The van der Waals surface area contributed by atoms with Gasteiger partial charge in [0.2, 0.25) is 0 Å². The van der Waals surface area contributed by atoms with Gasteiger partial charge in [-0.05, 0) is 32.3 Å². The third-order valence-corrected chi connectivity index (χ3v) is 6.44. The van der Waals surface area contributed by atoms with Crippen molar-refractivity contribution in [3.8, 4) is 0 Å². The average molecular weight is 378 g/mol. The summed E-state index contributed by atoms with van der Waals surface area (Å²) in [6, 6.07) is 10.5. The van der Waals surface area contributed by atoms with Crippen LogP contribution in [0.15, 0.2) is 36.5 Å². The summed E-state index contributed by atoms with van der Waals surface area (Å²) in [4.78, 5) is 26.6. The van der Waals surface area contributed by atoms with Crippen LogP contribution >= 0.6 is 0 Å². The number of ether oxygens (including phenoxy) is 1. The Kier molecular flexibility index (Phi) is 4.12. The summed E-state index contributed by atoms with van der Waals surface area (Å²) in [6.07, 6.45) is 5.11. The van der Waals surface area contributed by atoms with Gasteiger partial charge in [0.05, 0.1) is 6.04 Å². The molecule has 0 aliphatic carbocycles. The highest BCUT2D eigenvalue weighted by molar-refractivity contribution is 5.88. The summed E-state index contributed by atoms with van der Waals surface area (Å²) in [5.74, 6) is 1.94. The summed E-state index contributed by atoms with van der Waals surface area (Å²) < 4.78 is 6.43. The molecule has 3 fully saturated rings. The SMILES string of the molecule is Cc1ncc(C)c(N2CCC3(CC2)OC2CC[C@@H](c4ccccc4)N2C3=O)n1. The minimum atomic E-state index is -0.662. The first-order chi connectivity index (χ1) is 13.6. The summed E-state index contributed by atoms with van der Waals surface area (Å²) >= 11 is 0. The van der Waals surface area contributed by atoms with E-state index >= 15 is 0 Å². The van der Waals surface area contributed by atoms with Crippen LogP contribution in [0.3, 0.4) is 0 Å². The van der Waals surface area contributed by atoms with Gasteiger partial charge in [0.1, 0.15) is 17.9 Å². The van der Waals surface area contributed by atoms with Crippen molar-refractivity contribution in [2.75, 3.05) is 18.0 Å². The number of amides is 1. The molecule has 2 atom stereocenters. The molecule has 5 rings (SSSR count). The van der Waals surface area contributed by atoms with E-state index in [0.29, 0.717) is 12.8 Å². The first-order valence-electron chi connectivity index (χ1n) is 10.2. The lowest BCUT2D eigenvalue weighted by Crippen LogP contribution is -2.50. The molecule has 3 aliphatic rings. The maximum Gasteiger partial charge on any atom is 0.257 e. The Morgan fingerprint density at radius 1 is 1.11 bits per heavy atom. The minimum Gasteiger partial charge on any atom is -0.356 e. The molecule has 1 aromatic carbocycles. The highest BCUT2D eigenvalue weighted by Crippen LogP contribution is 2.47. The van der Waals surface area contributed by atoms with Crippen LogP contribution in [-0.2, 0) is 9.53 Å². The second-order valence-corrected chi connectivity index (χ2v) is 8.19. The van der Waals surface area contributed by atoms with Crippen LogP contribution < -0.4 is 4.90 Å². The van der Waals surface area contributed by atoms with Gasteiger partial charge in [-0.15, -0.1) is 0 Å². The van der Waals surface area contributed by atoms with Gasteiger partial charge in [-0.1, -0.05) is 30.3 Å². The summed E-state index contributed by atoms with van der Waals surface area (Å²) in [5, 5.41) is 0. The molecule has 6 nitrogen and oxygen atoms in total. The Bertz CT molecular complexity index is 893. The molecule has 6 heteroatoms. The molecule has 3 aliphatic heterocycles. The number of benzene rings is 1. The predicted octanol–water partition coefficient (Wildman–Crippen LogP) is 3.15. The van der Waals surface area contributed by atoms with E-state index in [1.807, 2.05) is 43.1 Å². The van der Waals surface area contributed by atoms with E-state index in [1.165, 1.54) is 5.56 Å². The van der Waals surface area contributed by atoms with Gasteiger partial charge < -0.3 is 14.5 Å². The predicted molar refractivity (Wildman–Crippen MR) is 106 cm³/mol. The van der Waals surface area contributed by atoms with E-state index in [0.717, 1.165) is 43.1 Å². The third-order valence-electron chi connectivity index (χ3n) is 6.44. The maximum atomic E-state index is 13.5. The van der Waals surface area contributed by atoms with Gasteiger partial charge in [0.15, 0.2) is 5.60 Å². The number of hydrogen-bond donors (Lipinski definition) is 0. The maximum absolute atomic E-state index is 13.5. The van der Waals surface area contributed by atoms with Gasteiger partial charge in [0.25, 0.3) is 5.91 Å². The largest absolute Gasteiger partial charge is 0.356 e. The van der Waals surface area contributed by atoms with Gasteiger partial charge in [-0.2, -0.15) is 0 Å². The summed E-state index contributed by atoms with van der Waals surface area (Å²) in [6.45, 7) is 5.51. The number of aryl methyl sites for hydroxylation is 2. The molecule has 3 saturated heterocycles. The quantitative estimate of drug-likeness (QED) is 0.803. The van der Waals surface area contributed by atoms with Crippen molar-refractivity contribution in [3.05, 3.63) is 53.5 Å². The van der Waals surface area contributed by atoms with E-state index in [1.54, 1.807) is 0 Å². The van der Waals surface area contributed by atoms with Crippen molar-refractivity contribution in [2.45, 2.75) is 57.4 Å². The Hall–Kier alpha value is -2.47. The van der Waals surface area contributed by atoms with Gasteiger partial charge in [-0.25, -0.2) is 9.97 Å². The Balaban J connectivity index is 1.34. The van der Waals surface area contributed by atoms with Crippen LogP contribution in [0.5, 0.6) is 0 Å². The fourth-order valence-corrected chi connectivity index (χ4v) is 4.97. The molecular formula is C22H26N4O2. The number of carbonyl (C=O) groups excluding carboxylic acids is 1. The van der Waals surface area contributed by atoms with E-state index in [4.69, 9.17) is 4.74 Å². The molecule has 1 amide bonds. The highest BCUT2D eigenvalue weighted by Gasteiger charge is 2.58. The number of hydrogen-bond acceptors (Lipinski definition) is 5. The van der Waals surface area contributed by atoms with Crippen molar-refractivity contribution >= 4 is 11.7 Å². The second-order valence-electron chi connectivity index (χ2n) is 8.19. The van der Waals surface area contributed by atoms with Gasteiger partial charge in [0, 0.05) is 37.7 Å². The van der Waals surface area contributed by atoms with E-state index < -0.39 is 5.60 Å². The second kappa shape index (κ2) is 6.55. The van der Waals surface area contributed by atoms with Crippen LogP contribution in [-0.4, -0.2) is 45.7 Å². The first-order valence-corrected chi connectivity index (χ1v) is 10.2. The van der Waals surface area contributed by atoms with Crippen molar-refractivity contribution < 1.29 is 9.53 Å². The number of carbonyl (C=O) groups is 1. The van der Waals surface area contributed by atoms with E-state index in [9.17, 15) is 4.79 Å². The fourth-order valence-electron chi connectivity index (χ4n) is 4.97. The first kappa shape index (κ1) is 17.6.